The third-order valence-electron chi connectivity index (χ3n) is 3.81. The molecule has 0 radical (unpaired) electrons. The van der Waals surface area contributed by atoms with Crippen molar-refractivity contribution in [3.8, 4) is 0 Å². The predicted octanol–water partition coefficient (Wildman–Crippen LogP) is 3.29. The van der Waals surface area contributed by atoms with E-state index in [1.165, 1.54) is 24.1 Å². The number of hydrogen-bond donors (Lipinski definition) is 0. The Kier molecular flexibility index (Phi) is 3.89. The van der Waals surface area contributed by atoms with Gasteiger partial charge in [0.2, 0.25) is 5.91 Å². The maximum atomic E-state index is 11.9. The van der Waals surface area contributed by atoms with Gasteiger partial charge < -0.3 is 0 Å². The molecule has 3 rings (SSSR count). The zero-order chi connectivity index (χ0) is 16.4. The Hall–Kier alpha value is -3.02. The molecule has 0 spiro atoms. The van der Waals surface area contributed by atoms with Crippen molar-refractivity contribution in [2.75, 3.05) is 0 Å². The summed E-state index contributed by atoms with van der Waals surface area (Å²) < 4.78 is 0. The van der Waals surface area contributed by atoms with Crippen molar-refractivity contribution in [1.82, 2.24) is 5.01 Å². The fraction of sp³-hybridized carbons (Fsp3) is 0.176. The van der Waals surface area contributed by atoms with Gasteiger partial charge in [-0.1, -0.05) is 42.5 Å². The molecular formula is C17H15N3O3. The molecule has 6 nitrogen and oxygen atoms in total. The molecule has 0 saturated carbocycles. The van der Waals surface area contributed by atoms with E-state index in [2.05, 4.69) is 5.10 Å². The number of rotatable bonds is 3. The van der Waals surface area contributed by atoms with Gasteiger partial charge in [-0.25, -0.2) is 5.01 Å². The van der Waals surface area contributed by atoms with Gasteiger partial charge in [0, 0.05) is 25.5 Å². The first kappa shape index (κ1) is 14.9. The molecule has 0 N–H and O–H groups in total. The topological polar surface area (TPSA) is 75.8 Å². The van der Waals surface area contributed by atoms with Crippen LogP contribution in [0, 0.1) is 10.1 Å². The molecular weight excluding hydrogens is 294 g/mol. The second-order valence-corrected chi connectivity index (χ2v) is 5.35. The van der Waals surface area contributed by atoms with E-state index in [0.29, 0.717) is 12.0 Å². The van der Waals surface area contributed by atoms with Crippen LogP contribution in [-0.4, -0.2) is 21.6 Å². The molecule has 0 aliphatic carbocycles. The fourth-order valence-electron chi connectivity index (χ4n) is 2.71. The minimum Gasteiger partial charge on any atom is -0.273 e. The summed E-state index contributed by atoms with van der Waals surface area (Å²) in [5.74, 6) is -0.188. The van der Waals surface area contributed by atoms with Gasteiger partial charge in [-0.2, -0.15) is 5.10 Å². The van der Waals surface area contributed by atoms with Gasteiger partial charge in [-0.05, 0) is 11.1 Å². The first-order valence-electron chi connectivity index (χ1n) is 7.23. The van der Waals surface area contributed by atoms with Gasteiger partial charge in [-0.15, -0.1) is 0 Å². The number of nitro groups is 1. The van der Waals surface area contributed by atoms with Crippen molar-refractivity contribution in [3.05, 3.63) is 75.8 Å². The van der Waals surface area contributed by atoms with Crippen molar-refractivity contribution in [2.24, 2.45) is 5.10 Å². The lowest BCUT2D eigenvalue weighted by atomic mass is 9.98. The van der Waals surface area contributed by atoms with Crippen molar-refractivity contribution >= 4 is 17.3 Å². The second kappa shape index (κ2) is 6.00. The zero-order valence-electron chi connectivity index (χ0n) is 12.5. The Morgan fingerprint density at radius 2 is 1.96 bits per heavy atom. The summed E-state index contributed by atoms with van der Waals surface area (Å²) in [5.41, 5.74) is 2.48. The Balaban J connectivity index is 1.96. The number of nitrogens with zero attached hydrogens (tertiary/aromatic N) is 3. The number of hydrazone groups is 1. The molecule has 1 atom stereocenters. The lowest BCUT2D eigenvalue weighted by Gasteiger charge is -2.20. The molecule has 2 aromatic carbocycles. The van der Waals surface area contributed by atoms with Crippen LogP contribution in [0.4, 0.5) is 5.69 Å². The molecule has 0 saturated heterocycles. The monoisotopic (exact) mass is 309 g/mol. The lowest BCUT2D eigenvalue weighted by molar-refractivity contribution is -0.384. The Morgan fingerprint density at radius 3 is 2.61 bits per heavy atom. The Morgan fingerprint density at radius 1 is 1.22 bits per heavy atom. The van der Waals surface area contributed by atoms with Gasteiger partial charge in [-0.3, -0.25) is 14.9 Å². The SMILES string of the molecule is CC(=O)N1N=C(c2ccccc2)C[C@H]1c1cccc([N+](=O)[O-])c1. The molecule has 1 heterocycles. The summed E-state index contributed by atoms with van der Waals surface area (Å²) in [6.45, 7) is 1.45. The van der Waals surface area contributed by atoms with E-state index in [1.54, 1.807) is 12.1 Å². The summed E-state index contributed by atoms with van der Waals surface area (Å²) in [6.07, 6.45) is 0.533. The molecule has 1 aliphatic heterocycles. The van der Waals surface area contributed by atoms with Gasteiger partial charge in [0.15, 0.2) is 0 Å². The quantitative estimate of drug-likeness (QED) is 0.645. The highest BCUT2D eigenvalue weighted by Gasteiger charge is 2.31. The number of hydrogen-bond acceptors (Lipinski definition) is 4. The van der Waals surface area contributed by atoms with E-state index in [0.717, 1.165) is 11.3 Å². The van der Waals surface area contributed by atoms with Crippen LogP contribution in [-0.2, 0) is 4.79 Å². The number of non-ortho nitro benzene ring substituents is 1. The van der Waals surface area contributed by atoms with Gasteiger partial charge in [0.25, 0.3) is 5.69 Å². The molecule has 116 valence electrons. The minimum atomic E-state index is -0.435. The number of amides is 1. The average molecular weight is 309 g/mol. The summed E-state index contributed by atoms with van der Waals surface area (Å²) in [4.78, 5) is 22.4. The van der Waals surface area contributed by atoms with E-state index in [4.69, 9.17) is 0 Å². The largest absolute Gasteiger partial charge is 0.273 e. The molecule has 6 heteroatoms. The van der Waals surface area contributed by atoms with Crippen LogP contribution in [0.3, 0.4) is 0 Å². The average Bonchev–Trinajstić information content (AvgIpc) is 3.01. The molecule has 23 heavy (non-hydrogen) atoms. The van der Waals surface area contributed by atoms with Crippen LogP contribution < -0.4 is 0 Å². The zero-order valence-corrected chi connectivity index (χ0v) is 12.5. The highest BCUT2D eigenvalue weighted by Crippen LogP contribution is 2.34. The summed E-state index contributed by atoms with van der Waals surface area (Å²) in [5, 5.41) is 16.8. The van der Waals surface area contributed by atoms with Gasteiger partial charge in [0.05, 0.1) is 16.7 Å². The Bertz CT molecular complexity index is 787. The number of carbonyl (C=O) groups is 1. The first-order chi connectivity index (χ1) is 11.1. The number of carbonyl (C=O) groups excluding carboxylic acids is 1. The van der Waals surface area contributed by atoms with Crippen molar-refractivity contribution in [3.63, 3.8) is 0 Å². The van der Waals surface area contributed by atoms with E-state index < -0.39 is 4.92 Å². The third kappa shape index (κ3) is 2.96. The standard InChI is InChI=1S/C17H15N3O3/c1-12(21)19-17(14-8-5-9-15(10-14)20(22)23)11-16(18-19)13-6-3-2-4-7-13/h2-10,17H,11H2,1H3/t17-/m0/s1. The minimum absolute atomic E-state index is 0.0131. The molecule has 0 aromatic heterocycles. The van der Waals surface area contributed by atoms with E-state index in [1.807, 2.05) is 30.3 Å². The highest BCUT2D eigenvalue weighted by molar-refractivity contribution is 6.03. The van der Waals surface area contributed by atoms with E-state index in [-0.39, 0.29) is 17.6 Å². The summed E-state index contributed by atoms with van der Waals surface area (Å²) >= 11 is 0. The third-order valence-corrected chi connectivity index (χ3v) is 3.81. The summed E-state index contributed by atoms with van der Waals surface area (Å²) in [7, 11) is 0. The van der Waals surface area contributed by atoms with Crippen LogP contribution in [0.25, 0.3) is 0 Å². The van der Waals surface area contributed by atoms with Crippen molar-refractivity contribution in [2.45, 2.75) is 19.4 Å². The first-order valence-corrected chi connectivity index (χ1v) is 7.23. The molecule has 0 bridgehead atoms. The smallest absolute Gasteiger partial charge is 0.269 e. The van der Waals surface area contributed by atoms with Crippen molar-refractivity contribution in [1.29, 1.82) is 0 Å². The number of nitro benzene ring substituents is 1. The van der Waals surface area contributed by atoms with Crippen LogP contribution in [0.15, 0.2) is 59.7 Å². The van der Waals surface area contributed by atoms with Crippen LogP contribution in [0.5, 0.6) is 0 Å². The predicted molar refractivity (Wildman–Crippen MR) is 86.0 cm³/mol. The fourth-order valence-corrected chi connectivity index (χ4v) is 2.71. The second-order valence-electron chi connectivity index (χ2n) is 5.35. The van der Waals surface area contributed by atoms with Gasteiger partial charge in [0.1, 0.15) is 0 Å². The Labute approximate surface area is 133 Å². The molecule has 0 fully saturated rings. The molecule has 0 unspecified atom stereocenters. The molecule has 1 aliphatic rings. The van der Waals surface area contributed by atoms with E-state index in [9.17, 15) is 14.9 Å². The van der Waals surface area contributed by atoms with Crippen LogP contribution in [0.1, 0.15) is 30.5 Å². The lowest BCUT2D eigenvalue weighted by Crippen LogP contribution is -2.24. The maximum absolute atomic E-state index is 11.9. The highest BCUT2D eigenvalue weighted by atomic mass is 16.6. The molecule has 2 aromatic rings. The van der Waals surface area contributed by atoms with Crippen molar-refractivity contribution < 1.29 is 9.72 Å². The van der Waals surface area contributed by atoms with Crippen LogP contribution >= 0.6 is 0 Å². The maximum Gasteiger partial charge on any atom is 0.269 e. The number of benzene rings is 2. The van der Waals surface area contributed by atoms with E-state index >= 15 is 0 Å². The van der Waals surface area contributed by atoms with Crippen LogP contribution in [0.2, 0.25) is 0 Å². The normalized spacial score (nSPS) is 17.0. The van der Waals surface area contributed by atoms with Gasteiger partial charge >= 0.3 is 0 Å². The molecule has 1 amide bonds. The summed E-state index contributed by atoms with van der Waals surface area (Å²) in [6, 6.07) is 15.7.